The Morgan fingerprint density at radius 3 is 2.63 bits per heavy atom. The second-order valence-electron chi connectivity index (χ2n) is 14.5. The summed E-state index contributed by atoms with van der Waals surface area (Å²) in [6.45, 7) is 1.36. The van der Waals surface area contributed by atoms with E-state index in [-0.39, 0.29) is 35.7 Å². The summed E-state index contributed by atoms with van der Waals surface area (Å²) < 4.78 is 15.3. The first-order valence-electron chi connectivity index (χ1n) is 18.0. The molecule has 2 atom stereocenters. The number of pyridine rings is 2. The number of piperidine rings is 1. The van der Waals surface area contributed by atoms with Gasteiger partial charge in [-0.05, 0) is 56.7 Å². The highest BCUT2D eigenvalue weighted by Crippen LogP contribution is 2.46. The van der Waals surface area contributed by atoms with Gasteiger partial charge in [0, 0.05) is 50.4 Å². The fraction of sp³-hybridized carbons (Fsp3) is 0.432. The third kappa shape index (κ3) is 6.64. The van der Waals surface area contributed by atoms with E-state index in [4.69, 9.17) is 31.2 Å². The number of aromatic nitrogens is 6. The van der Waals surface area contributed by atoms with Crippen molar-refractivity contribution in [2.24, 2.45) is 19.5 Å². The SMILES string of the molecule is CNC(=O)COc1cc2cc(Nc3nc(N4CC5(CCC(Oc6cccc7c(C8CCC(O)NC8=O)nn(C)c67)CC5)C4)ncc3Cl)cnc2n(C)c1=O. The Balaban J connectivity index is 0.907. The Kier molecular flexibility index (Phi) is 9.26. The molecule has 4 N–H and O–H groups in total. The van der Waals surface area contributed by atoms with Crippen LogP contribution in [0.4, 0.5) is 17.5 Å². The molecule has 0 radical (unpaired) electrons. The Morgan fingerprint density at radius 1 is 1.07 bits per heavy atom. The summed E-state index contributed by atoms with van der Waals surface area (Å²) in [4.78, 5) is 53.0. The molecule has 1 aliphatic carbocycles. The summed E-state index contributed by atoms with van der Waals surface area (Å²) in [5.41, 5.74) is 2.38. The molecule has 2 unspecified atom stereocenters. The number of aryl methyl sites for hydroxylation is 2. The third-order valence-corrected chi connectivity index (χ3v) is 11.1. The zero-order valence-corrected chi connectivity index (χ0v) is 30.9. The van der Waals surface area contributed by atoms with Gasteiger partial charge >= 0.3 is 0 Å². The second-order valence-corrected chi connectivity index (χ2v) is 14.9. The summed E-state index contributed by atoms with van der Waals surface area (Å²) >= 11 is 6.53. The minimum absolute atomic E-state index is 0.0379. The van der Waals surface area contributed by atoms with Crippen LogP contribution in [0.2, 0.25) is 5.02 Å². The quantitative estimate of drug-likeness (QED) is 0.172. The number of carbonyl (C=O) groups excluding carboxylic acids is 2. The van der Waals surface area contributed by atoms with Gasteiger partial charge in [0.2, 0.25) is 11.9 Å². The van der Waals surface area contributed by atoms with Gasteiger partial charge in [0.1, 0.15) is 28.2 Å². The number of nitrogens with one attached hydrogen (secondary N) is 3. The lowest BCUT2D eigenvalue weighted by molar-refractivity contribution is -0.128. The van der Waals surface area contributed by atoms with Gasteiger partial charge < -0.3 is 35.4 Å². The predicted molar refractivity (Wildman–Crippen MR) is 201 cm³/mol. The van der Waals surface area contributed by atoms with Gasteiger partial charge in [-0.1, -0.05) is 23.7 Å². The van der Waals surface area contributed by atoms with Gasteiger partial charge in [0.15, 0.2) is 18.2 Å². The number of carbonyl (C=O) groups is 2. The fourth-order valence-corrected chi connectivity index (χ4v) is 8.04. The fourth-order valence-electron chi connectivity index (χ4n) is 7.90. The molecular weight excluding hydrogens is 716 g/mol. The molecule has 4 aromatic heterocycles. The van der Waals surface area contributed by atoms with Crippen LogP contribution in [-0.4, -0.2) is 85.3 Å². The van der Waals surface area contributed by atoms with E-state index in [0.717, 1.165) is 55.4 Å². The van der Waals surface area contributed by atoms with Crippen molar-refractivity contribution in [2.45, 2.75) is 56.8 Å². The zero-order chi connectivity index (χ0) is 37.7. The second kappa shape index (κ2) is 14.1. The molecular formula is C37H41ClN10O6. The average Bonchev–Trinajstić information content (AvgIpc) is 3.49. The molecule has 8 rings (SSSR count). The lowest BCUT2D eigenvalue weighted by Gasteiger charge is -2.53. The molecule has 282 valence electrons. The summed E-state index contributed by atoms with van der Waals surface area (Å²) in [7, 11) is 4.96. The lowest BCUT2D eigenvalue weighted by Crippen LogP contribution is -2.58. The molecule has 3 fully saturated rings. The van der Waals surface area contributed by atoms with Gasteiger partial charge in [0.05, 0.1) is 35.8 Å². The molecule has 1 aromatic carbocycles. The number of anilines is 3. The molecule has 0 bridgehead atoms. The highest BCUT2D eigenvalue weighted by molar-refractivity contribution is 6.32. The van der Waals surface area contributed by atoms with Gasteiger partial charge in [-0.2, -0.15) is 10.1 Å². The van der Waals surface area contributed by atoms with Crippen molar-refractivity contribution in [3.8, 4) is 11.5 Å². The molecule has 1 saturated carbocycles. The number of fused-ring (bicyclic) bond motifs is 2. The van der Waals surface area contributed by atoms with Crippen molar-refractivity contribution < 1.29 is 24.2 Å². The molecule has 2 saturated heterocycles. The van der Waals surface area contributed by atoms with Crippen molar-refractivity contribution in [3.63, 3.8) is 0 Å². The number of rotatable bonds is 9. The summed E-state index contributed by atoms with van der Waals surface area (Å²) in [5.74, 6) is 0.833. The maximum atomic E-state index is 12.7. The Labute approximate surface area is 314 Å². The summed E-state index contributed by atoms with van der Waals surface area (Å²) in [5, 5.41) is 24.8. The topological polar surface area (TPSA) is 191 Å². The number of aliphatic hydroxyl groups is 1. The number of benzene rings is 1. The highest BCUT2D eigenvalue weighted by atomic mass is 35.5. The Hall–Kier alpha value is -5.48. The first-order valence-corrected chi connectivity index (χ1v) is 18.4. The number of nitrogens with zero attached hydrogens (tertiary/aromatic N) is 7. The van der Waals surface area contributed by atoms with Crippen LogP contribution in [0.1, 0.15) is 50.1 Å². The van der Waals surface area contributed by atoms with Crippen LogP contribution < -0.4 is 35.9 Å². The number of aliphatic hydroxyl groups excluding tert-OH is 1. The van der Waals surface area contributed by atoms with E-state index < -0.39 is 17.7 Å². The Morgan fingerprint density at radius 2 is 1.87 bits per heavy atom. The van der Waals surface area contributed by atoms with Gasteiger partial charge in [0.25, 0.3) is 11.5 Å². The smallest absolute Gasteiger partial charge is 0.294 e. The molecule has 3 aliphatic rings. The maximum absolute atomic E-state index is 12.7. The van der Waals surface area contributed by atoms with Crippen molar-refractivity contribution in [1.82, 2.24) is 39.9 Å². The normalized spacial score (nSPS) is 19.8. The first kappa shape index (κ1) is 35.5. The van der Waals surface area contributed by atoms with Gasteiger partial charge in [-0.25, -0.2) is 9.97 Å². The molecule has 1 spiro atoms. The van der Waals surface area contributed by atoms with Crippen molar-refractivity contribution in [3.05, 3.63) is 63.8 Å². The number of para-hydroxylation sites is 1. The van der Waals surface area contributed by atoms with Gasteiger partial charge in [-0.15, -0.1) is 0 Å². The van der Waals surface area contributed by atoms with E-state index in [1.807, 2.05) is 25.2 Å². The standard InChI is InChI=1S/C37H41ClN10O6/c1-39-29(50)17-53-27-14-20-13-21(15-40-33(20)46(2)35(27)52)42-32-25(38)16-41-36(44-32)48-18-37(19-48)11-9-22(10-12-37)54-26-6-4-5-23-30(45-47(3)31(23)26)24-7-8-28(49)43-34(24)51/h4-6,13-16,22,24,28,49H,7-12,17-19H2,1-3H3,(H,39,50)(H,43,51)(H,41,42,44). The van der Waals surface area contributed by atoms with Crippen molar-refractivity contribution in [1.29, 1.82) is 0 Å². The molecule has 5 aromatic rings. The number of halogens is 1. The first-order chi connectivity index (χ1) is 26.0. The molecule has 17 heteroatoms. The third-order valence-electron chi connectivity index (χ3n) is 10.8. The van der Waals surface area contributed by atoms with E-state index in [9.17, 15) is 19.5 Å². The minimum Gasteiger partial charge on any atom is -0.488 e. The Bertz CT molecular complexity index is 2330. The highest BCUT2D eigenvalue weighted by Gasteiger charge is 2.46. The number of amides is 2. The lowest BCUT2D eigenvalue weighted by atomic mass is 9.68. The average molecular weight is 757 g/mol. The van der Waals surface area contributed by atoms with E-state index >= 15 is 0 Å². The molecule has 54 heavy (non-hydrogen) atoms. The van der Waals surface area contributed by atoms with Crippen molar-refractivity contribution in [2.75, 3.05) is 37.0 Å². The molecule has 6 heterocycles. The number of likely N-dealkylation sites (N-methyl/N-ethyl adjacent to an activating group) is 1. The minimum atomic E-state index is -0.812. The van der Waals surface area contributed by atoms with Crippen LogP contribution >= 0.6 is 11.6 Å². The number of ether oxygens (including phenoxy) is 2. The van der Waals surface area contributed by atoms with Crippen LogP contribution in [0.5, 0.6) is 11.5 Å². The zero-order valence-electron chi connectivity index (χ0n) is 30.1. The number of hydrogen-bond acceptors (Lipinski definition) is 12. The van der Waals surface area contributed by atoms with Crippen LogP contribution in [-0.2, 0) is 23.7 Å². The monoisotopic (exact) mass is 756 g/mol. The van der Waals surface area contributed by atoms with Crippen LogP contribution in [0.25, 0.3) is 21.9 Å². The van der Waals surface area contributed by atoms with E-state index in [2.05, 4.69) is 30.8 Å². The van der Waals surface area contributed by atoms with Crippen LogP contribution in [0, 0.1) is 5.41 Å². The van der Waals surface area contributed by atoms with Gasteiger partial charge in [-0.3, -0.25) is 23.6 Å². The maximum Gasteiger partial charge on any atom is 0.294 e. The van der Waals surface area contributed by atoms with Crippen LogP contribution in [0.15, 0.2) is 47.5 Å². The molecule has 16 nitrogen and oxygen atoms in total. The summed E-state index contributed by atoms with van der Waals surface area (Å²) in [6, 6.07) is 9.26. The predicted octanol–water partition coefficient (Wildman–Crippen LogP) is 3.27. The van der Waals surface area contributed by atoms with Crippen LogP contribution in [0.3, 0.4) is 0 Å². The van der Waals surface area contributed by atoms with E-state index in [0.29, 0.717) is 52.0 Å². The summed E-state index contributed by atoms with van der Waals surface area (Å²) in [6.07, 6.45) is 7.28. The number of hydrogen-bond donors (Lipinski definition) is 4. The molecule has 2 amide bonds. The van der Waals surface area contributed by atoms with E-state index in [1.54, 1.807) is 36.3 Å². The van der Waals surface area contributed by atoms with E-state index in [1.165, 1.54) is 11.6 Å². The largest absolute Gasteiger partial charge is 0.488 e. The molecule has 2 aliphatic heterocycles. The van der Waals surface area contributed by atoms with Crippen molar-refractivity contribution >= 4 is 62.8 Å².